The first-order valence-corrected chi connectivity index (χ1v) is 7.44. The molecule has 0 radical (unpaired) electrons. The van der Waals surface area contributed by atoms with Gasteiger partial charge in [0.2, 0.25) is 10.0 Å². The normalized spacial score (nSPS) is 15.1. The van der Waals surface area contributed by atoms with Crippen LogP contribution >= 0.6 is 11.6 Å². The molecule has 0 aliphatic rings. The van der Waals surface area contributed by atoms with Crippen LogP contribution < -0.4 is 4.72 Å². The molecule has 1 N–H and O–H groups in total. The summed E-state index contributed by atoms with van der Waals surface area (Å²) in [6.45, 7) is 6.01. The van der Waals surface area contributed by atoms with E-state index in [1.54, 1.807) is 7.11 Å². The molecule has 16 heavy (non-hydrogen) atoms. The molecule has 0 spiro atoms. The van der Waals surface area contributed by atoms with Gasteiger partial charge in [-0.25, -0.2) is 13.1 Å². The first-order valence-electron chi connectivity index (χ1n) is 5.25. The van der Waals surface area contributed by atoms with Gasteiger partial charge in [0.1, 0.15) is 0 Å². The second-order valence-corrected chi connectivity index (χ2v) is 7.20. The minimum atomic E-state index is -3.27. The van der Waals surface area contributed by atoms with Crippen molar-refractivity contribution in [3.05, 3.63) is 0 Å². The van der Waals surface area contributed by atoms with E-state index in [4.69, 9.17) is 16.3 Å². The molecule has 0 aromatic heterocycles. The summed E-state index contributed by atoms with van der Waals surface area (Å²) in [6, 6.07) is -0.241. The molecule has 0 aromatic rings. The monoisotopic (exact) mass is 271 g/mol. The van der Waals surface area contributed by atoms with Crippen LogP contribution in [-0.4, -0.2) is 39.8 Å². The van der Waals surface area contributed by atoms with Crippen LogP contribution in [0.4, 0.5) is 0 Å². The van der Waals surface area contributed by atoms with E-state index in [-0.39, 0.29) is 17.2 Å². The van der Waals surface area contributed by atoms with Crippen LogP contribution in [0, 0.1) is 5.41 Å². The van der Waals surface area contributed by atoms with Gasteiger partial charge in [0.05, 0.1) is 12.4 Å². The van der Waals surface area contributed by atoms with E-state index in [1.807, 2.05) is 20.8 Å². The summed E-state index contributed by atoms with van der Waals surface area (Å²) in [5.74, 6) is 0.508. The van der Waals surface area contributed by atoms with Crippen molar-refractivity contribution in [3.8, 4) is 0 Å². The van der Waals surface area contributed by atoms with E-state index in [9.17, 15) is 8.42 Å². The van der Waals surface area contributed by atoms with Crippen LogP contribution in [0.15, 0.2) is 0 Å². The van der Waals surface area contributed by atoms with Gasteiger partial charge in [0, 0.05) is 19.0 Å². The Balaban J connectivity index is 4.41. The Hall–Kier alpha value is 0.160. The second-order valence-electron chi connectivity index (χ2n) is 5.07. The molecule has 0 aromatic carbocycles. The third-order valence-electron chi connectivity index (χ3n) is 1.79. The number of hydrogen-bond acceptors (Lipinski definition) is 3. The number of rotatable bonds is 7. The number of hydrogen-bond donors (Lipinski definition) is 1. The minimum Gasteiger partial charge on any atom is -0.383 e. The van der Waals surface area contributed by atoms with Crippen LogP contribution in [0.3, 0.4) is 0 Å². The van der Waals surface area contributed by atoms with Crippen molar-refractivity contribution in [2.45, 2.75) is 33.2 Å². The molecule has 0 saturated carbocycles. The van der Waals surface area contributed by atoms with E-state index in [0.717, 1.165) is 0 Å². The third kappa shape index (κ3) is 8.33. The zero-order chi connectivity index (χ0) is 12.8. The van der Waals surface area contributed by atoms with E-state index >= 15 is 0 Å². The summed E-state index contributed by atoms with van der Waals surface area (Å²) in [5.41, 5.74) is -0.260. The number of sulfonamides is 1. The third-order valence-corrected chi connectivity index (χ3v) is 3.95. The molecule has 0 aliphatic carbocycles. The van der Waals surface area contributed by atoms with Gasteiger partial charge >= 0.3 is 0 Å². The first kappa shape index (κ1) is 16.2. The fraction of sp³-hybridized carbons (Fsp3) is 1.00. The molecule has 4 nitrogen and oxygen atoms in total. The Kier molecular flexibility index (Phi) is 6.86. The van der Waals surface area contributed by atoms with Gasteiger partial charge < -0.3 is 4.74 Å². The van der Waals surface area contributed by atoms with Gasteiger partial charge in [0.25, 0.3) is 0 Å². The predicted molar refractivity (Wildman–Crippen MR) is 67.4 cm³/mol. The fourth-order valence-electron chi connectivity index (χ4n) is 1.37. The van der Waals surface area contributed by atoms with E-state index in [0.29, 0.717) is 18.9 Å². The Morgan fingerprint density at radius 1 is 1.38 bits per heavy atom. The lowest BCUT2D eigenvalue weighted by molar-refractivity contribution is 0.173. The summed E-state index contributed by atoms with van der Waals surface area (Å²) >= 11 is 5.60. The van der Waals surface area contributed by atoms with E-state index < -0.39 is 10.0 Å². The van der Waals surface area contributed by atoms with Crippen molar-refractivity contribution in [1.82, 2.24) is 4.72 Å². The van der Waals surface area contributed by atoms with Gasteiger partial charge in [-0.15, -0.1) is 11.6 Å². The first-order chi connectivity index (χ1) is 7.20. The Morgan fingerprint density at radius 3 is 2.31 bits per heavy atom. The van der Waals surface area contributed by atoms with E-state index in [1.165, 1.54) is 0 Å². The number of alkyl halides is 1. The average Bonchev–Trinajstić information content (AvgIpc) is 1.98. The summed E-state index contributed by atoms with van der Waals surface area (Å²) < 4.78 is 31.2. The zero-order valence-electron chi connectivity index (χ0n) is 10.4. The maximum atomic E-state index is 11.8. The molecule has 0 fully saturated rings. The number of halogens is 1. The Bertz CT molecular complexity index is 279. The number of nitrogens with one attached hydrogen (secondary N) is 1. The van der Waals surface area contributed by atoms with Crippen LogP contribution in [0.5, 0.6) is 0 Å². The molecule has 0 rings (SSSR count). The van der Waals surface area contributed by atoms with Crippen LogP contribution in [0.25, 0.3) is 0 Å². The molecule has 0 aliphatic heterocycles. The number of ether oxygens (including phenoxy) is 1. The van der Waals surface area contributed by atoms with Crippen LogP contribution in [-0.2, 0) is 14.8 Å². The van der Waals surface area contributed by atoms with Crippen molar-refractivity contribution < 1.29 is 13.2 Å². The van der Waals surface area contributed by atoms with Crippen LogP contribution in [0.2, 0.25) is 0 Å². The lowest BCUT2D eigenvalue weighted by atomic mass is 10.0. The largest absolute Gasteiger partial charge is 0.383 e. The molecule has 1 atom stereocenters. The van der Waals surface area contributed by atoms with Gasteiger partial charge in [-0.1, -0.05) is 20.8 Å². The highest BCUT2D eigenvalue weighted by Crippen LogP contribution is 2.15. The van der Waals surface area contributed by atoms with Crippen molar-refractivity contribution in [1.29, 1.82) is 0 Å². The maximum Gasteiger partial charge on any atom is 0.212 e. The molecule has 6 heteroatoms. The van der Waals surface area contributed by atoms with Crippen molar-refractivity contribution in [2.24, 2.45) is 5.41 Å². The fourth-order valence-corrected chi connectivity index (χ4v) is 3.56. The molecule has 0 saturated heterocycles. The second kappa shape index (κ2) is 6.79. The lowest BCUT2D eigenvalue weighted by Crippen LogP contribution is -2.41. The number of methoxy groups -OCH3 is 1. The molecule has 0 heterocycles. The summed E-state index contributed by atoms with van der Waals surface area (Å²) in [5, 5.41) is 0. The maximum absolute atomic E-state index is 11.8. The van der Waals surface area contributed by atoms with Gasteiger partial charge in [-0.3, -0.25) is 0 Å². The SMILES string of the molecule is COCC(CCCl)NS(=O)(=O)CC(C)(C)C. The molecule has 98 valence electrons. The van der Waals surface area contributed by atoms with E-state index in [2.05, 4.69) is 4.72 Å². The summed E-state index contributed by atoms with van der Waals surface area (Å²) in [7, 11) is -1.73. The molecule has 1 unspecified atom stereocenters. The van der Waals surface area contributed by atoms with Crippen LogP contribution in [0.1, 0.15) is 27.2 Å². The highest BCUT2D eigenvalue weighted by molar-refractivity contribution is 7.89. The van der Waals surface area contributed by atoms with Crippen molar-refractivity contribution in [3.63, 3.8) is 0 Å². The molecule has 0 bridgehead atoms. The lowest BCUT2D eigenvalue weighted by Gasteiger charge is -2.22. The van der Waals surface area contributed by atoms with Gasteiger partial charge in [-0.05, 0) is 11.8 Å². The standard InChI is InChI=1S/C10H22ClNO3S/c1-10(2,3)8-16(13,14)12-9(5-6-11)7-15-4/h9,12H,5-8H2,1-4H3. The molecule has 0 amide bonds. The van der Waals surface area contributed by atoms with Crippen molar-refractivity contribution in [2.75, 3.05) is 25.3 Å². The van der Waals surface area contributed by atoms with Gasteiger partial charge in [-0.2, -0.15) is 0 Å². The van der Waals surface area contributed by atoms with Gasteiger partial charge in [0.15, 0.2) is 0 Å². The Morgan fingerprint density at radius 2 is 1.94 bits per heavy atom. The zero-order valence-corrected chi connectivity index (χ0v) is 12.0. The smallest absolute Gasteiger partial charge is 0.212 e. The average molecular weight is 272 g/mol. The highest BCUT2D eigenvalue weighted by Gasteiger charge is 2.24. The molecular weight excluding hydrogens is 250 g/mol. The predicted octanol–water partition coefficient (Wildman–Crippen LogP) is 1.60. The Labute approximate surface area is 104 Å². The quantitative estimate of drug-likeness (QED) is 0.716. The minimum absolute atomic E-state index is 0.0997. The summed E-state index contributed by atoms with van der Waals surface area (Å²) in [4.78, 5) is 0. The molecular formula is C10H22ClNO3S. The van der Waals surface area contributed by atoms with Crippen molar-refractivity contribution >= 4 is 21.6 Å². The summed E-state index contributed by atoms with van der Waals surface area (Å²) in [6.07, 6.45) is 0.568. The highest BCUT2D eigenvalue weighted by atomic mass is 35.5. The topological polar surface area (TPSA) is 55.4 Å².